The molecule has 1 fully saturated rings. The number of hydrogen-bond donors (Lipinski definition) is 0. The summed E-state index contributed by atoms with van der Waals surface area (Å²) in [6.07, 6.45) is -9.58. The summed E-state index contributed by atoms with van der Waals surface area (Å²) in [5, 5.41) is 2.87. The Bertz CT molecular complexity index is 1250. The van der Waals surface area contributed by atoms with Crippen LogP contribution in [0, 0.1) is 0 Å². The van der Waals surface area contributed by atoms with E-state index in [4.69, 9.17) is 0 Å². The molecule has 4 rings (SSSR count). The summed E-state index contributed by atoms with van der Waals surface area (Å²) in [4.78, 5) is 28.6. The topological polar surface area (TPSA) is 40.6 Å². The number of hydrogen-bond acceptors (Lipinski definition) is 3. The standard InChI is InChI=1S/C25H22F6N2O2S/c1-2-22(34)32-7-8-33(19(13-32)11-16-14-36-21-6-4-3-5-20(16)21)23(35)15-9-17(24(26,27)28)12-18(10-15)25(29,30)31/h3-6,9-10,12,14,19H,2,7-8,11,13H2,1H3. The average molecular weight is 529 g/mol. The highest BCUT2D eigenvalue weighted by Crippen LogP contribution is 2.37. The van der Waals surface area contributed by atoms with Gasteiger partial charge < -0.3 is 9.80 Å². The molecule has 11 heteroatoms. The van der Waals surface area contributed by atoms with Gasteiger partial charge in [0.2, 0.25) is 5.91 Å². The maximum Gasteiger partial charge on any atom is 0.416 e. The van der Waals surface area contributed by atoms with Gasteiger partial charge in [-0.25, -0.2) is 0 Å². The molecule has 0 bridgehead atoms. The third kappa shape index (κ3) is 5.35. The molecule has 1 aliphatic heterocycles. The molecular formula is C25H22F6N2O2S. The number of halogens is 6. The minimum absolute atomic E-state index is 0.00358. The van der Waals surface area contributed by atoms with Gasteiger partial charge in [-0.1, -0.05) is 25.1 Å². The Morgan fingerprint density at radius 3 is 2.22 bits per heavy atom. The molecule has 0 saturated carbocycles. The van der Waals surface area contributed by atoms with E-state index in [0.29, 0.717) is 18.6 Å². The van der Waals surface area contributed by atoms with Crippen LogP contribution in [-0.2, 0) is 23.6 Å². The molecule has 0 N–H and O–H groups in total. The number of fused-ring (bicyclic) bond motifs is 1. The first-order chi connectivity index (χ1) is 16.9. The van der Waals surface area contributed by atoms with E-state index in [1.54, 1.807) is 11.8 Å². The zero-order valence-electron chi connectivity index (χ0n) is 19.1. The van der Waals surface area contributed by atoms with Gasteiger partial charge in [0.15, 0.2) is 0 Å². The van der Waals surface area contributed by atoms with Gasteiger partial charge >= 0.3 is 12.4 Å². The summed E-state index contributed by atoms with van der Waals surface area (Å²) in [5.41, 5.74) is -2.88. The normalized spacial score (nSPS) is 17.0. The Morgan fingerprint density at radius 2 is 1.61 bits per heavy atom. The average Bonchev–Trinajstić information content (AvgIpc) is 3.24. The molecule has 192 valence electrons. The molecule has 36 heavy (non-hydrogen) atoms. The van der Waals surface area contributed by atoms with Crippen molar-refractivity contribution < 1.29 is 35.9 Å². The second-order valence-corrected chi connectivity index (χ2v) is 9.51. The van der Waals surface area contributed by atoms with Gasteiger partial charge in [-0.05, 0) is 47.0 Å². The fourth-order valence-electron chi connectivity index (χ4n) is 4.44. The van der Waals surface area contributed by atoms with Crippen LogP contribution in [0.2, 0.25) is 0 Å². The minimum Gasteiger partial charge on any atom is -0.339 e. The Hall–Kier alpha value is -3.08. The zero-order valence-corrected chi connectivity index (χ0v) is 19.9. The van der Waals surface area contributed by atoms with Gasteiger partial charge in [0.1, 0.15) is 0 Å². The predicted octanol–water partition coefficient (Wildman–Crippen LogP) is 6.24. The number of alkyl halides is 6. The van der Waals surface area contributed by atoms with Crippen molar-refractivity contribution >= 4 is 33.2 Å². The number of piperazine rings is 1. The summed E-state index contributed by atoms with van der Waals surface area (Å²) in [5.74, 6) is -1.07. The van der Waals surface area contributed by atoms with Crippen LogP contribution in [0.25, 0.3) is 10.1 Å². The van der Waals surface area contributed by atoms with Crippen molar-refractivity contribution in [3.8, 4) is 0 Å². The smallest absolute Gasteiger partial charge is 0.339 e. The van der Waals surface area contributed by atoms with Crippen molar-refractivity contribution in [2.75, 3.05) is 19.6 Å². The molecule has 0 aliphatic carbocycles. The van der Waals surface area contributed by atoms with E-state index in [0.717, 1.165) is 15.6 Å². The van der Waals surface area contributed by atoms with Crippen molar-refractivity contribution in [3.05, 3.63) is 70.1 Å². The quantitative estimate of drug-likeness (QED) is 0.376. The van der Waals surface area contributed by atoms with Crippen LogP contribution in [-0.4, -0.2) is 47.3 Å². The summed E-state index contributed by atoms with van der Waals surface area (Å²) in [6.45, 7) is 1.97. The third-order valence-electron chi connectivity index (χ3n) is 6.25. The molecule has 1 unspecified atom stereocenters. The highest BCUT2D eigenvalue weighted by atomic mass is 32.1. The van der Waals surface area contributed by atoms with Crippen LogP contribution >= 0.6 is 11.3 Å². The molecule has 0 spiro atoms. The highest BCUT2D eigenvalue weighted by Gasteiger charge is 2.39. The third-order valence-corrected chi connectivity index (χ3v) is 7.26. The van der Waals surface area contributed by atoms with Crippen LogP contribution in [0.1, 0.15) is 40.4 Å². The van der Waals surface area contributed by atoms with E-state index in [2.05, 4.69) is 0 Å². The first-order valence-electron chi connectivity index (χ1n) is 11.2. The van der Waals surface area contributed by atoms with Gasteiger partial charge in [0, 0.05) is 36.3 Å². The molecule has 1 aliphatic rings. The van der Waals surface area contributed by atoms with Crippen LogP contribution in [0.4, 0.5) is 26.3 Å². The minimum atomic E-state index is -5.06. The summed E-state index contributed by atoms with van der Waals surface area (Å²) >= 11 is 1.50. The van der Waals surface area contributed by atoms with Crippen LogP contribution in [0.15, 0.2) is 47.8 Å². The van der Waals surface area contributed by atoms with E-state index in [1.165, 1.54) is 16.2 Å². The lowest BCUT2D eigenvalue weighted by Gasteiger charge is -2.41. The van der Waals surface area contributed by atoms with Crippen molar-refractivity contribution in [2.45, 2.75) is 38.2 Å². The van der Waals surface area contributed by atoms with E-state index < -0.39 is 41.0 Å². The second-order valence-electron chi connectivity index (χ2n) is 8.60. The molecular weight excluding hydrogens is 506 g/mol. The van der Waals surface area contributed by atoms with Crippen LogP contribution < -0.4 is 0 Å². The summed E-state index contributed by atoms with van der Waals surface area (Å²) in [6, 6.07) is 7.88. The van der Waals surface area contributed by atoms with Gasteiger partial charge in [0.25, 0.3) is 5.91 Å². The number of carbonyl (C=O) groups excluding carboxylic acids is 2. The lowest BCUT2D eigenvalue weighted by atomic mass is 9.98. The van der Waals surface area contributed by atoms with Crippen molar-refractivity contribution in [3.63, 3.8) is 0 Å². The number of amides is 2. The van der Waals surface area contributed by atoms with Crippen molar-refractivity contribution in [2.24, 2.45) is 0 Å². The van der Waals surface area contributed by atoms with E-state index in [9.17, 15) is 35.9 Å². The maximum atomic E-state index is 13.4. The number of thiophene rings is 1. The summed E-state index contributed by atoms with van der Waals surface area (Å²) < 4.78 is 81.2. The van der Waals surface area contributed by atoms with Crippen molar-refractivity contribution in [1.82, 2.24) is 9.80 Å². The fourth-order valence-corrected chi connectivity index (χ4v) is 5.41. The number of nitrogens with zero attached hydrogens (tertiary/aromatic N) is 2. The molecule has 2 aromatic carbocycles. The Kier molecular flexibility index (Phi) is 7.05. The zero-order chi connectivity index (χ0) is 26.3. The maximum absolute atomic E-state index is 13.4. The van der Waals surface area contributed by atoms with Gasteiger partial charge in [-0.2, -0.15) is 26.3 Å². The van der Waals surface area contributed by atoms with E-state index in [1.807, 2.05) is 29.6 Å². The van der Waals surface area contributed by atoms with Crippen molar-refractivity contribution in [1.29, 1.82) is 0 Å². The first-order valence-corrected chi connectivity index (χ1v) is 12.1. The fraction of sp³-hybridized carbons (Fsp3) is 0.360. The molecule has 0 radical (unpaired) electrons. The lowest BCUT2D eigenvalue weighted by Crippen LogP contribution is -2.57. The monoisotopic (exact) mass is 528 g/mol. The second kappa shape index (κ2) is 9.76. The largest absolute Gasteiger partial charge is 0.416 e. The van der Waals surface area contributed by atoms with Gasteiger partial charge in [-0.3, -0.25) is 9.59 Å². The van der Waals surface area contributed by atoms with Gasteiger partial charge in [-0.15, -0.1) is 11.3 Å². The lowest BCUT2D eigenvalue weighted by molar-refractivity contribution is -0.143. The van der Waals surface area contributed by atoms with Crippen LogP contribution in [0.5, 0.6) is 0 Å². The van der Waals surface area contributed by atoms with Crippen LogP contribution in [0.3, 0.4) is 0 Å². The number of rotatable bonds is 4. The Balaban J connectivity index is 1.72. The van der Waals surface area contributed by atoms with Gasteiger partial charge in [0.05, 0.1) is 17.2 Å². The molecule has 2 amide bonds. The Morgan fingerprint density at radius 1 is 0.972 bits per heavy atom. The summed E-state index contributed by atoms with van der Waals surface area (Å²) in [7, 11) is 0. The molecule has 2 heterocycles. The predicted molar refractivity (Wildman–Crippen MR) is 124 cm³/mol. The van der Waals surface area contributed by atoms with E-state index >= 15 is 0 Å². The van der Waals surface area contributed by atoms with E-state index in [-0.39, 0.29) is 38.0 Å². The molecule has 1 atom stereocenters. The number of benzene rings is 2. The molecule has 1 saturated heterocycles. The first kappa shape index (κ1) is 26.0. The molecule has 1 aromatic heterocycles. The molecule has 4 nitrogen and oxygen atoms in total. The highest BCUT2D eigenvalue weighted by molar-refractivity contribution is 7.17. The molecule has 3 aromatic rings. The SMILES string of the molecule is CCC(=O)N1CCN(C(=O)c2cc(C(F)(F)F)cc(C(F)(F)F)c2)C(Cc2csc3ccccc23)C1. The Labute approximate surface area is 207 Å². The number of carbonyl (C=O) groups is 2.